The first-order valence-electron chi connectivity index (χ1n) is 3.57. The lowest BCUT2D eigenvalue weighted by molar-refractivity contribution is 0.384. The first-order chi connectivity index (χ1) is 4.43. The molecule has 1 N–H and O–H groups in total. The summed E-state index contributed by atoms with van der Waals surface area (Å²) in [5, 5.41) is 3.32. The molecule has 1 heterocycles. The highest BCUT2D eigenvalue weighted by Crippen LogP contribution is 2.12. The van der Waals surface area contributed by atoms with E-state index in [2.05, 4.69) is 11.2 Å². The summed E-state index contributed by atoms with van der Waals surface area (Å²) in [4.78, 5) is 0. The number of hydrogen-bond donors (Lipinski definition) is 1. The molecule has 0 aliphatic carbocycles. The zero-order valence-electron chi connectivity index (χ0n) is 5.69. The molecule has 0 radical (unpaired) electrons. The Hall–Kier alpha value is -0.480. The zero-order valence-corrected chi connectivity index (χ0v) is 5.69. The number of nitrogens with one attached hydrogen (secondary N) is 1. The van der Waals surface area contributed by atoms with E-state index in [-0.39, 0.29) is 0 Å². The Labute approximate surface area is 56.8 Å². The summed E-state index contributed by atoms with van der Waals surface area (Å²) in [5.74, 6) is 3.45. The molecule has 0 aromatic heterocycles. The quantitative estimate of drug-likeness (QED) is 0.513. The summed E-state index contributed by atoms with van der Waals surface area (Å²) < 4.78 is 0. The van der Waals surface area contributed by atoms with Gasteiger partial charge in [0.2, 0.25) is 0 Å². The van der Waals surface area contributed by atoms with Gasteiger partial charge in [0.25, 0.3) is 0 Å². The van der Waals surface area contributed by atoms with Crippen LogP contribution >= 0.6 is 0 Å². The summed E-state index contributed by atoms with van der Waals surface area (Å²) in [6.07, 6.45) is 8.75. The van der Waals surface area contributed by atoms with Gasteiger partial charge in [0, 0.05) is 6.42 Å². The minimum atomic E-state index is 0.753. The Balaban J connectivity index is 2.17. The molecule has 0 aromatic carbocycles. The Kier molecular flexibility index (Phi) is 2.60. The van der Waals surface area contributed by atoms with E-state index < -0.39 is 0 Å². The van der Waals surface area contributed by atoms with E-state index in [1.165, 1.54) is 19.4 Å². The second kappa shape index (κ2) is 3.53. The highest BCUT2D eigenvalue weighted by atomic mass is 14.9. The van der Waals surface area contributed by atoms with E-state index in [1.54, 1.807) is 0 Å². The largest absolute Gasteiger partial charge is 0.316 e. The molecule has 1 aliphatic heterocycles. The van der Waals surface area contributed by atoms with Crippen molar-refractivity contribution >= 4 is 0 Å². The molecular weight excluding hydrogens is 110 g/mol. The SMILES string of the molecule is C#CC[C@@H]1CCCNC1. The third-order valence-corrected chi connectivity index (χ3v) is 1.81. The molecule has 1 saturated heterocycles. The Morgan fingerprint density at radius 1 is 1.67 bits per heavy atom. The summed E-state index contributed by atoms with van der Waals surface area (Å²) in [6.45, 7) is 2.31. The third-order valence-electron chi connectivity index (χ3n) is 1.81. The first kappa shape index (κ1) is 6.64. The van der Waals surface area contributed by atoms with Crippen molar-refractivity contribution < 1.29 is 0 Å². The molecule has 0 unspecified atom stereocenters. The van der Waals surface area contributed by atoms with E-state index in [4.69, 9.17) is 6.42 Å². The highest BCUT2D eigenvalue weighted by Gasteiger charge is 2.10. The van der Waals surface area contributed by atoms with Crippen molar-refractivity contribution in [2.24, 2.45) is 5.92 Å². The zero-order chi connectivity index (χ0) is 6.53. The highest BCUT2D eigenvalue weighted by molar-refractivity contribution is 4.88. The molecule has 0 bridgehead atoms. The van der Waals surface area contributed by atoms with Crippen LogP contribution in [0.15, 0.2) is 0 Å². The van der Waals surface area contributed by atoms with Gasteiger partial charge < -0.3 is 5.32 Å². The van der Waals surface area contributed by atoms with Crippen LogP contribution in [0.3, 0.4) is 0 Å². The molecule has 1 fully saturated rings. The van der Waals surface area contributed by atoms with Crippen LogP contribution in [-0.4, -0.2) is 13.1 Å². The van der Waals surface area contributed by atoms with Crippen LogP contribution in [0.1, 0.15) is 19.3 Å². The average Bonchev–Trinajstić information content (AvgIpc) is 1.91. The van der Waals surface area contributed by atoms with Crippen LogP contribution in [0.4, 0.5) is 0 Å². The van der Waals surface area contributed by atoms with E-state index in [0.29, 0.717) is 0 Å². The summed E-state index contributed by atoms with van der Waals surface area (Å²) in [6, 6.07) is 0. The number of piperidine rings is 1. The Morgan fingerprint density at radius 3 is 3.11 bits per heavy atom. The predicted molar refractivity (Wildman–Crippen MR) is 39.0 cm³/mol. The predicted octanol–water partition coefficient (Wildman–Crippen LogP) is 1.01. The lowest BCUT2D eigenvalue weighted by Crippen LogP contribution is -2.29. The van der Waals surface area contributed by atoms with Gasteiger partial charge in [0.1, 0.15) is 0 Å². The fourth-order valence-corrected chi connectivity index (χ4v) is 1.26. The standard InChI is InChI=1S/C8H13N/c1-2-4-8-5-3-6-9-7-8/h1,8-9H,3-7H2/t8-/m1/s1. The minimum absolute atomic E-state index is 0.753. The number of terminal acetylenes is 1. The van der Waals surface area contributed by atoms with Crippen molar-refractivity contribution in [2.75, 3.05) is 13.1 Å². The Bertz CT molecular complexity index is 106. The van der Waals surface area contributed by atoms with Crippen molar-refractivity contribution in [1.82, 2.24) is 5.32 Å². The first-order valence-corrected chi connectivity index (χ1v) is 3.57. The number of rotatable bonds is 1. The van der Waals surface area contributed by atoms with Crippen molar-refractivity contribution in [3.05, 3.63) is 0 Å². The molecule has 1 atom stereocenters. The maximum atomic E-state index is 5.18. The molecule has 1 rings (SSSR count). The normalized spacial score (nSPS) is 27.2. The molecule has 0 saturated carbocycles. The smallest absolute Gasteiger partial charge is 0.0126 e. The monoisotopic (exact) mass is 123 g/mol. The topological polar surface area (TPSA) is 12.0 Å². The van der Waals surface area contributed by atoms with Crippen LogP contribution in [0.2, 0.25) is 0 Å². The molecule has 9 heavy (non-hydrogen) atoms. The van der Waals surface area contributed by atoms with Gasteiger partial charge in [-0.05, 0) is 31.8 Å². The fourth-order valence-electron chi connectivity index (χ4n) is 1.26. The molecule has 1 nitrogen and oxygen atoms in total. The van der Waals surface area contributed by atoms with Crippen molar-refractivity contribution in [2.45, 2.75) is 19.3 Å². The van der Waals surface area contributed by atoms with Crippen LogP contribution in [0.25, 0.3) is 0 Å². The van der Waals surface area contributed by atoms with Crippen LogP contribution in [0.5, 0.6) is 0 Å². The number of hydrogen-bond acceptors (Lipinski definition) is 1. The second-order valence-electron chi connectivity index (χ2n) is 2.62. The fraction of sp³-hybridized carbons (Fsp3) is 0.750. The van der Waals surface area contributed by atoms with E-state index in [0.717, 1.165) is 18.9 Å². The molecule has 1 heteroatoms. The van der Waals surface area contributed by atoms with Gasteiger partial charge in [0.15, 0.2) is 0 Å². The average molecular weight is 123 g/mol. The maximum absolute atomic E-state index is 5.18. The van der Waals surface area contributed by atoms with Gasteiger partial charge >= 0.3 is 0 Å². The Morgan fingerprint density at radius 2 is 2.56 bits per heavy atom. The van der Waals surface area contributed by atoms with Gasteiger partial charge in [-0.2, -0.15) is 0 Å². The third kappa shape index (κ3) is 2.07. The molecule has 50 valence electrons. The minimum Gasteiger partial charge on any atom is -0.316 e. The van der Waals surface area contributed by atoms with E-state index in [9.17, 15) is 0 Å². The molecule has 0 amide bonds. The van der Waals surface area contributed by atoms with Crippen molar-refractivity contribution in [3.63, 3.8) is 0 Å². The van der Waals surface area contributed by atoms with E-state index >= 15 is 0 Å². The summed E-state index contributed by atoms with van der Waals surface area (Å²) in [7, 11) is 0. The summed E-state index contributed by atoms with van der Waals surface area (Å²) in [5.41, 5.74) is 0. The van der Waals surface area contributed by atoms with Crippen LogP contribution in [-0.2, 0) is 0 Å². The molecule has 0 aromatic rings. The van der Waals surface area contributed by atoms with Crippen molar-refractivity contribution in [3.8, 4) is 12.3 Å². The van der Waals surface area contributed by atoms with Crippen LogP contribution < -0.4 is 5.32 Å². The maximum Gasteiger partial charge on any atom is 0.0126 e. The van der Waals surface area contributed by atoms with Gasteiger partial charge in [-0.1, -0.05) is 0 Å². The lowest BCUT2D eigenvalue weighted by Gasteiger charge is -2.20. The lowest BCUT2D eigenvalue weighted by atomic mass is 9.97. The summed E-state index contributed by atoms with van der Waals surface area (Å²) >= 11 is 0. The second-order valence-corrected chi connectivity index (χ2v) is 2.62. The van der Waals surface area contributed by atoms with Gasteiger partial charge in [-0.25, -0.2) is 0 Å². The molecule has 1 aliphatic rings. The van der Waals surface area contributed by atoms with Gasteiger partial charge in [-0.15, -0.1) is 12.3 Å². The van der Waals surface area contributed by atoms with Crippen LogP contribution in [0, 0.1) is 18.3 Å². The van der Waals surface area contributed by atoms with E-state index in [1.807, 2.05) is 0 Å². The van der Waals surface area contributed by atoms with Crippen molar-refractivity contribution in [1.29, 1.82) is 0 Å². The molecule has 0 spiro atoms. The molecular formula is C8H13N. The van der Waals surface area contributed by atoms with Gasteiger partial charge in [0.05, 0.1) is 0 Å². The van der Waals surface area contributed by atoms with Gasteiger partial charge in [-0.3, -0.25) is 0 Å².